The molecule has 2 nitrogen and oxygen atoms in total. The smallest absolute Gasteiger partial charge is 0.136 e. The molecule has 0 aromatic rings. The average molecular weight is 183 g/mol. The summed E-state index contributed by atoms with van der Waals surface area (Å²) in [7, 11) is 4.10. The quantitative estimate of drug-likeness (QED) is 0.627. The van der Waals surface area contributed by atoms with E-state index < -0.39 is 0 Å². The van der Waals surface area contributed by atoms with Crippen LogP contribution in [0.4, 0.5) is 0 Å². The number of rotatable bonds is 6. The van der Waals surface area contributed by atoms with E-state index in [0.717, 1.165) is 25.3 Å². The summed E-state index contributed by atoms with van der Waals surface area (Å²) in [5, 5.41) is 0. The molecule has 1 saturated carbocycles. The van der Waals surface area contributed by atoms with Crippen LogP contribution in [0.2, 0.25) is 0 Å². The molecule has 0 spiro atoms. The molecule has 0 unspecified atom stereocenters. The van der Waals surface area contributed by atoms with Crippen LogP contribution in [0, 0.1) is 11.8 Å². The zero-order chi connectivity index (χ0) is 9.84. The molecule has 0 aromatic heterocycles. The van der Waals surface area contributed by atoms with Gasteiger partial charge in [0.15, 0.2) is 0 Å². The Kier molecular flexibility index (Phi) is 3.91. The minimum absolute atomic E-state index is 0.335. The first-order chi connectivity index (χ1) is 6.11. The van der Waals surface area contributed by atoms with Crippen LogP contribution in [0.25, 0.3) is 0 Å². The summed E-state index contributed by atoms with van der Waals surface area (Å²) in [5.41, 5.74) is 0. The van der Waals surface area contributed by atoms with Gasteiger partial charge in [0.05, 0.1) is 0 Å². The number of carbonyl (C=O) groups is 1. The molecule has 0 N–H and O–H groups in total. The van der Waals surface area contributed by atoms with Gasteiger partial charge >= 0.3 is 0 Å². The van der Waals surface area contributed by atoms with Crippen LogP contribution in [0.5, 0.6) is 0 Å². The molecular weight excluding hydrogens is 162 g/mol. The maximum absolute atomic E-state index is 11.6. The second-order valence-electron chi connectivity index (χ2n) is 4.50. The first-order valence-electron chi connectivity index (χ1n) is 5.28. The molecule has 0 bridgehead atoms. The van der Waals surface area contributed by atoms with Crippen LogP contribution >= 0.6 is 0 Å². The van der Waals surface area contributed by atoms with Crippen LogP contribution in [0.1, 0.15) is 32.6 Å². The second kappa shape index (κ2) is 4.75. The standard InChI is InChI=1S/C11H21NO/c1-9(10-6-7-10)11(13)5-4-8-12(2)3/h9-10H,4-8H2,1-3H3/t9-/m1/s1. The van der Waals surface area contributed by atoms with Crippen LogP contribution < -0.4 is 0 Å². The number of ketones is 1. The summed E-state index contributed by atoms with van der Waals surface area (Å²) in [5.74, 6) is 1.54. The van der Waals surface area contributed by atoms with E-state index in [1.54, 1.807) is 0 Å². The average Bonchev–Trinajstić information content (AvgIpc) is 2.84. The summed E-state index contributed by atoms with van der Waals surface area (Å²) in [6.45, 7) is 3.12. The van der Waals surface area contributed by atoms with Gasteiger partial charge in [-0.25, -0.2) is 0 Å². The van der Waals surface area contributed by atoms with Crippen molar-refractivity contribution in [2.24, 2.45) is 11.8 Å². The van der Waals surface area contributed by atoms with Gasteiger partial charge in [-0.1, -0.05) is 6.92 Å². The van der Waals surface area contributed by atoms with Crippen molar-refractivity contribution >= 4 is 5.78 Å². The van der Waals surface area contributed by atoms with E-state index in [9.17, 15) is 4.79 Å². The molecule has 13 heavy (non-hydrogen) atoms. The van der Waals surface area contributed by atoms with Crippen LogP contribution in [0.3, 0.4) is 0 Å². The third-order valence-corrected chi connectivity index (χ3v) is 2.87. The van der Waals surface area contributed by atoms with Crippen molar-refractivity contribution in [2.45, 2.75) is 32.6 Å². The molecule has 76 valence electrons. The maximum atomic E-state index is 11.6. The summed E-state index contributed by atoms with van der Waals surface area (Å²) in [6, 6.07) is 0. The molecule has 0 amide bonds. The van der Waals surface area contributed by atoms with Crippen molar-refractivity contribution in [1.82, 2.24) is 4.90 Å². The lowest BCUT2D eigenvalue weighted by atomic mass is 9.97. The molecular formula is C11H21NO. The molecule has 1 atom stereocenters. The van der Waals surface area contributed by atoms with Crippen LogP contribution in [-0.4, -0.2) is 31.3 Å². The van der Waals surface area contributed by atoms with Crippen molar-refractivity contribution in [2.75, 3.05) is 20.6 Å². The predicted octanol–water partition coefficient (Wildman–Crippen LogP) is 1.94. The van der Waals surface area contributed by atoms with Gasteiger partial charge in [0.1, 0.15) is 5.78 Å². The fraction of sp³-hybridized carbons (Fsp3) is 0.909. The van der Waals surface area contributed by atoms with Crippen LogP contribution in [-0.2, 0) is 4.79 Å². The Morgan fingerprint density at radius 2 is 2.08 bits per heavy atom. The Morgan fingerprint density at radius 1 is 1.46 bits per heavy atom. The number of carbonyl (C=O) groups excluding carboxylic acids is 1. The highest BCUT2D eigenvalue weighted by molar-refractivity contribution is 5.81. The number of nitrogens with zero attached hydrogens (tertiary/aromatic N) is 1. The zero-order valence-electron chi connectivity index (χ0n) is 9.05. The minimum Gasteiger partial charge on any atom is -0.309 e. The molecule has 0 radical (unpaired) electrons. The highest BCUT2D eigenvalue weighted by Crippen LogP contribution is 2.37. The molecule has 0 saturated heterocycles. The van der Waals surface area contributed by atoms with Crippen molar-refractivity contribution < 1.29 is 4.79 Å². The Bertz CT molecular complexity index is 173. The predicted molar refractivity (Wildman–Crippen MR) is 54.7 cm³/mol. The zero-order valence-corrected chi connectivity index (χ0v) is 9.05. The van der Waals surface area contributed by atoms with E-state index in [-0.39, 0.29) is 0 Å². The monoisotopic (exact) mass is 183 g/mol. The van der Waals surface area contributed by atoms with Gasteiger partial charge in [0, 0.05) is 12.3 Å². The molecule has 0 aliphatic heterocycles. The van der Waals surface area contributed by atoms with Gasteiger partial charge in [-0.3, -0.25) is 4.79 Å². The fourth-order valence-corrected chi connectivity index (χ4v) is 1.66. The van der Waals surface area contributed by atoms with Crippen molar-refractivity contribution in [1.29, 1.82) is 0 Å². The minimum atomic E-state index is 0.335. The lowest BCUT2D eigenvalue weighted by molar-refractivity contribution is -0.123. The second-order valence-corrected chi connectivity index (χ2v) is 4.50. The van der Waals surface area contributed by atoms with Gasteiger partial charge in [0.25, 0.3) is 0 Å². The van der Waals surface area contributed by atoms with Crippen molar-refractivity contribution in [3.8, 4) is 0 Å². The third-order valence-electron chi connectivity index (χ3n) is 2.87. The van der Waals surface area contributed by atoms with Crippen LogP contribution in [0.15, 0.2) is 0 Å². The lowest BCUT2D eigenvalue weighted by Crippen LogP contribution is -2.17. The van der Waals surface area contributed by atoms with E-state index in [4.69, 9.17) is 0 Å². The Morgan fingerprint density at radius 3 is 2.54 bits per heavy atom. The van der Waals surface area contributed by atoms with Crippen molar-refractivity contribution in [3.63, 3.8) is 0 Å². The fourth-order valence-electron chi connectivity index (χ4n) is 1.66. The topological polar surface area (TPSA) is 20.3 Å². The van der Waals surface area contributed by atoms with E-state index in [1.807, 2.05) is 0 Å². The van der Waals surface area contributed by atoms with Gasteiger partial charge in [-0.05, 0) is 45.8 Å². The highest BCUT2D eigenvalue weighted by Gasteiger charge is 2.31. The van der Waals surface area contributed by atoms with Crippen molar-refractivity contribution in [3.05, 3.63) is 0 Å². The molecule has 1 aliphatic rings. The summed E-state index contributed by atoms with van der Waals surface area (Å²) >= 11 is 0. The van der Waals surface area contributed by atoms with E-state index in [0.29, 0.717) is 11.7 Å². The van der Waals surface area contributed by atoms with Gasteiger partial charge in [-0.15, -0.1) is 0 Å². The van der Waals surface area contributed by atoms with Gasteiger partial charge in [-0.2, -0.15) is 0 Å². The summed E-state index contributed by atoms with van der Waals surface area (Å²) in [4.78, 5) is 13.7. The molecule has 0 aromatic carbocycles. The lowest BCUT2D eigenvalue weighted by Gasteiger charge is -2.11. The Hall–Kier alpha value is -0.370. The number of hydrogen-bond donors (Lipinski definition) is 0. The SMILES string of the molecule is C[C@@H](C(=O)CCCN(C)C)C1CC1. The molecule has 1 rings (SSSR count). The number of hydrogen-bond acceptors (Lipinski definition) is 2. The summed E-state index contributed by atoms with van der Waals surface area (Å²) in [6.07, 6.45) is 4.35. The Balaban J connectivity index is 2.09. The van der Waals surface area contributed by atoms with Gasteiger partial charge < -0.3 is 4.90 Å². The largest absolute Gasteiger partial charge is 0.309 e. The summed E-state index contributed by atoms with van der Waals surface area (Å²) < 4.78 is 0. The van der Waals surface area contributed by atoms with E-state index in [1.165, 1.54) is 12.8 Å². The molecule has 2 heteroatoms. The van der Waals surface area contributed by atoms with Gasteiger partial charge in [0.2, 0.25) is 0 Å². The molecule has 1 fully saturated rings. The first-order valence-corrected chi connectivity index (χ1v) is 5.28. The Labute approximate surface area is 81.3 Å². The normalized spacial score (nSPS) is 19.1. The first kappa shape index (κ1) is 10.7. The van der Waals surface area contributed by atoms with E-state index in [2.05, 4.69) is 25.9 Å². The molecule has 1 aliphatic carbocycles. The highest BCUT2D eigenvalue weighted by atomic mass is 16.1. The third kappa shape index (κ3) is 3.90. The maximum Gasteiger partial charge on any atom is 0.136 e. The molecule has 0 heterocycles. The number of Topliss-reactive ketones (excluding diaryl/α,β-unsaturated/α-hetero) is 1. The van der Waals surface area contributed by atoms with E-state index >= 15 is 0 Å².